The third-order valence-electron chi connectivity index (χ3n) is 2.44. The highest BCUT2D eigenvalue weighted by molar-refractivity contribution is 14.1. The van der Waals surface area contributed by atoms with Gasteiger partial charge in [0, 0.05) is 12.6 Å². The smallest absolute Gasteiger partial charge is 0.0895 e. The van der Waals surface area contributed by atoms with E-state index in [1.165, 1.54) is 9.26 Å². The molecule has 1 atom stereocenters. The molecule has 0 aliphatic carbocycles. The molecule has 4 heteroatoms. The Labute approximate surface area is 105 Å². The zero-order chi connectivity index (χ0) is 11.3. The molecule has 0 bridgehead atoms. The Bertz CT molecular complexity index is 299. The van der Waals surface area contributed by atoms with Crippen LogP contribution < -0.4 is 0 Å². The Morgan fingerprint density at radius 2 is 2.27 bits per heavy atom. The number of halogens is 1. The predicted molar refractivity (Wildman–Crippen MR) is 69.9 cm³/mol. The van der Waals surface area contributed by atoms with E-state index in [9.17, 15) is 0 Å². The van der Waals surface area contributed by atoms with Gasteiger partial charge in [-0.05, 0) is 42.4 Å². The van der Waals surface area contributed by atoms with Crippen molar-refractivity contribution in [3.63, 3.8) is 0 Å². The Morgan fingerprint density at radius 1 is 1.53 bits per heavy atom. The van der Waals surface area contributed by atoms with E-state index < -0.39 is 0 Å². The van der Waals surface area contributed by atoms with Gasteiger partial charge in [0.1, 0.15) is 0 Å². The molecule has 0 N–H and O–H groups in total. The molecule has 1 rings (SSSR count). The lowest BCUT2D eigenvalue weighted by atomic mass is 10.2. The zero-order valence-electron chi connectivity index (χ0n) is 9.66. The van der Waals surface area contributed by atoms with Gasteiger partial charge in [-0.3, -0.25) is 4.68 Å². The molecule has 0 aliphatic rings. The van der Waals surface area contributed by atoms with Crippen LogP contribution in [0.4, 0.5) is 0 Å². The van der Waals surface area contributed by atoms with Crippen LogP contribution in [0.2, 0.25) is 0 Å². The molecule has 0 aliphatic heterocycles. The van der Waals surface area contributed by atoms with Gasteiger partial charge in [-0.15, -0.1) is 0 Å². The first-order chi connectivity index (χ1) is 7.20. The minimum absolute atomic E-state index is 0.453. The standard InChI is InChI=1S/C11H19IN2O/c1-4-6-15-8-11-10(12)7-13-14(11)9(3)5-2/h7,9H,4-6,8H2,1-3H3. The maximum Gasteiger partial charge on any atom is 0.0895 e. The Hall–Kier alpha value is -0.100. The van der Waals surface area contributed by atoms with Crippen LogP contribution in [-0.4, -0.2) is 16.4 Å². The lowest BCUT2D eigenvalue weighted by Gasteiger charge is -2.14. The summed E-state index contributed by atoms with van der Waals surface area (Å²) in [6, 6.07) is 0.453. The van der Waals surface area contributed by atoms with Gasteiger partial charge >= 0.3 is 0 Å². The van der Waals surface area contributed by atoms with Crippen molar-refractivity contribution in [1.82, 2.24) is 9.78 Å². The normalized spacial score (nSPS) is 13.1. The van der Waals surface area contributed by atoms with Crippen molar-refractivity contribution < 1.29 is 4.74 Å². The van der Waals surface area contributed by atoms with E-state index in [1.54, 1.807) is 0 Å². The molecule has 0 saturated carbocycles. The fourth-order valence-corrected chi connectivity index (χ4v) is 1.89. The fraction of sp³-hybridized carbons (Fsp3) is 0.727. The molecule has 1 heterocycles. The van der Waals surface area contributed by atoms with Gasteiger partial charge in [0.25, 0.3) is 0 Å². The number of rotatable bonds is 6. The predicted octanol–water partition coefficient (Wildman–Crippen LogP) is 3.39. The highest BCUT2D eigenvalue weighted by Gasteiger charge is 2.12. The van der Waals surface area contributed by atoms with Crippen LogP contribution in [0, 0.1) is 3.57 Å². The van der Waals surface area contributed by atoms with Crippen molar-refractivity contribution in [3.05, 3.63) is 15.5 Å². The topological polar surface area (TPSA) is 27.1 Å². The van der Waals surface area contributed by atoms with Gasteiger partial charge in [-0.2, -0.15) is 5.10 Å². The highest BCUT2D eigenvalue weighted by atomic mass is 127. The van der Waals surface area contributed by atoms with E-state index in [-0.39, 0.29) is 0 Å². The molecule has 1 unspecified atom stereocenters. The molecule has 0 aromatic carbocycles. The molecule has 3 nitrogen and oxygen atoms in total. The van der Waals surface area contributed by atoms with Gasteiger partial charge in [0.15, 0.2) is 0 Å². The maximum absolute atomic E-state index is 5.58. The van der Waals surface area contributed by atoms with Crippen LogP contribution in [-0.2, 0) is 11.3 Å². The first kappa shape index (κ1) is 13.0. The number of nitrogens with zero attached hydrogens (tertiary/aromatic N) is 2. The second-order valence-corrected chi connectivity index (χ2v) is 4.86. The summed E-state index contributed by atoms with van der Waals surface area (Å²) in [6.07, 6.45) is 4.07. The number of hydrogen-bond donors (Lipinski definition) is 0. The van der Waals surface area contributed by atoms with Crippen LogP contribution in [0.1, 0.15) is 45.3 Å². The van der Waals surface area contributed by atoms with Gasteiger partial charge < -0.3 is 4.74 Å². The number of hydrogen-bond acceptors (Lipinski definition) is 2. The van der Waals surface area contributed by atoms with E-state index in [0.29, 0.717) is 12.6 Å². The third-order valence-corrected chi connectivity index (χ3v) is 3.34. The molecular weight excluding hydrogens is 303 g/mol. The van der Waals surface area contributed by atoms with E-state index in [2.05, 4.69) is 53.1 Å². The summed E-state index contributed by atoms with van der Waals surface area (Å²) in [5, 5.41) is 4.39. The summed E-state index contributed by atoms with van der Waals surface area (Å²) < 4.78 is 8.86. The summed E-state index contributed by atoms with van der Waals surface area (Å²) in [7, 11) is 0. The number of ether oxygens (including phenoxy) is 1. The van der Waals surface area contributed by atoms with E-state index in [1.807, 2.05) is 6.20 Å². The molecule has 1 aromatic rings. The molecule has 0 fully saturated rings. The molecule has 86 valence electrons. The van der Waals surface area contributed by atoms with E-state index >= 15 is 0 Å². The first-order valence-electron chi connectivity index (χ1n) is 5.50. The third kappa shape index (κ3) is 3.45. The molecule has 0 amide bonds. The average molecular weight is 322 g/mol. The lowest BCUT2D eigenvalue weighted by Crippen LogP contribution is -2.11. The molecule has 0 radical (unpaired) electrons. The average Bonchev–Trinajstić information content (AvgIpc) is 2.60. The first-order valence-corrected chi connectivity index (χ1v) is 6.58. The second kappa shape index (κ2) is 6.48. The number of aromatic nitrogens is 2. The minimum Gasteiger partial charge on any atom is -0.375 e. The van der Waals surface area contributed by atoms with Crippen LogP contribution in [0.5, 0.6) is 0 Å². The van der Waals surface area contributed by atoms with Gasteiger partial charge in [0.2, 0.25) is 0 Å². The van der Waals surface area contributed by atoms with Crippen LogP contribution in [0.25, 0.3) is 0 Å². The molecule has 0 spiro atoms. The van der Waals surface area contributed by atoms with Crippen molar-refractivity contribution in [2.45, 2.75) is 46.3 Å². The molecular formula is C11H19IN2O. The van der Waals surface area contributed by atoms with Crippen molar-refractivity contribution in [3.8, 4) is 0 Å². The molecule has 15 heavy (non-hydrogen) atoms. The lowest BCUT2D eigenvalue weighted by molar-refractivity contribution is 0.113. The van der Waals surface area contributed by atoms with Gasteiger partial charge in [0.05, 0.1) is 22.1 Å². The Kier molecular flexibility index (Phi) is 5.60. The molecule has 1 aromatic heterocycles. The van der Waals surface area contributed by atoms with Crippen LogP contribution in [0.3, 0.4) is 0 Å². The van der Waals surface area contributed by atoms with E-state index in [4.69, 9.17) is 4.74 Å². The van der Waals surface area contributed by atoms with Gasteiger partial charge in [-0.1, -0.05) is 13.8 Å². The van der Waals surface area contributed by atoms with E-state index in [0.717, 1.165) is 19.4 Å². The van der Waals surface area contributed by atoms with Crippen molar-refractivity contribution in [2.75, 3.05) is 6.61 Å². The molecule has 0 saturated heterocycles. The maximum atomic E-state index is 5.58. The Morgan fingerprint density at radius 3 is 2.87 bits per heavy atom. The summed E-state index contributed by atoms with van der Waals surface area (Å²) >= 11 is 2.32. The summed E-state index contributed by atoms with van der Waals surface area (Å²) in [5.41, 5.74) is 1.21. The Balaban J connectivity index is 2.70. The van der Waals surface area contributed by atoms with Gasteiger partial charge in [-0.25, -0.2) is 0 Å². The minimum atomic E-state index is 0.453. The largest absolute Gasteiger partial charge is 0.375 e. The van der Waals surface area contributed by atoms with Crippen molar-refractivity contribution >= 4 is 22.6 Å². The SMILES string of the molecule is CCCOCc1c(I)cnn1C(C)CC. The van der Waals surface area contributed by atoms with Crippen LogP contribution >= 0.6 is 22.6 Å². The summed E-state index contributed by atoms with van der Waals surface area (Å²) in [4.78, 5) is 0. The summed E-state index contributed by atoms with van der Waals surface area (Å²) in [5.74, 6) is 0. The van der Waals surface area contributed by atoms with Crippen molar-refractivity contribution in [2.24, 2.45) is 0 Å². The van der Waals surface area contributed by atoms with Crippen molar-refractivity contribution in [1.29, 1.82) is 0 Å². The highest BCUT2D eigenvalue weighted by Crippen LogP contribution is 2.18. The quantitative estimate of drug-likeness (QED) is 0.593. The monoisotopic (exact) mass is 322 g/mol. The van der Waals surface area contributed by atoms with Crippen LogP contribution in [0.15, 0.2) is 6.20 Å². The second-order valence-electron chi connectivity index (χ2n) is 3.69. The summed E-state index contributed by atoms with van der Waals surface area (Å²) in [6.45, 7) is 7.98. The fourth-order valence-electron chi connectivity index (χ4n) is 1.37. The zero-order valence-corrected chi connectivity index (χ0v) is 11.8.